The fourth-order valence-corrected chi connectivity index (χ4v) is 3.71. The molecule has 7 heteroatoms. The zero-order valence-electron chi connectivity index (χ0n) is 15.9. The molecule has 0 saturated carbocycles. The Balaban J connectivity index is 1.40. The molecule has 3 aromatic rings. The number of halogens is 2. The molecule has 150 valence electrons. The highest BCUT2D eigenvalue weighted by molar-refractivity contribution is 6.30. The van der Waals surface area contributed by atoms with Gasteiger partial charge in [-0.25, -0.2) is 4.39 Å². The molecule has 5 nitrogen and oxygen atoms in total. The molecular weight excluding hydrogens is 393 g/mol. The quantitative estimate of drug-likeness (QED) is 0.632. The Labute approximate surface area is 173 Å². The molecule has 1 aromatic heterocycles. The first-order chi connectivity index (χ1) is 14.1. The van der Waals surface area contributed by atoms with E-state index >= 15 is 0 Å². The lowest BCUT2D eigenvalue weighted by atomic mass is 10.1. The zero-order valence-corrected chi connectivity index (χ0v) is 16.6. The fraction of sp³-hybridized carbons (Fsp3) is 0.273. The van der Waals surface area contributed by atoms with E-state index in [4.69, 9.17) is 16.1 Å². The van der Waals surface area contributed by atoms with E-state index in [1.807, 2.05) is 18.2 Å². The van der Waals surface area contributed by atoms with Gasteiger partial charge in [-0.1, -0.05) is 47.1 Å². The predicted molar refractivity (Wildman–Crippen MR) is 109 cm³/mol. The standard InChI is InChI=1S/C22H21ClFN3O2/c23-18-7-3-6-16(13-18)21-14-20(25-29-21)22(28)27-10-4-9-26(11-12-27)15-17-5-1-2-8-19(17)24/h1-3,5-8,13-14H,4,9-12,15H2. The van der Waals surface area contributed by atoms with Crippen LogP contribution in [0, 0.1) is 5.82 Å². The highest BCUT2D eigenvalue weighted by Crippen LogP contribution is 2.24. The van der Waals surface area contributed by atoms with Gasteiger partial charge in [0.25, 0.3) is 5.91 Å². The van der Waals surface area contributed by atoms with Crippen LogP contribution in [-0.4, -0.2) is 47.0 Å². The highest BCUT2D eigenvalue weighted by atomic mass is 35.5. The molecule has 0 N–H and O–H groups in total. The van der Waals surface area contributed by atoms with Gasteiger partial charge in [-0.2, -0.15) is 0 Å². The minimum absolute atomic E-state index is 0.158. The van der Waals surface area contributed by atoms with Crippen LogP contribution in [0.2, 0.25) is 5.02 Å². The molecule has 0 unspecified atom stereocenters. The lowest BCUT2D eigenvalue weighted by Crippen LogP contribution is -2.35. The second-order valence-corrected chi connectivity index (χ2v) is 7.54. The fourth-order valence-electron chi connectivity index (χ4n) is 3.52. The largest absolute Gasteiger partial charge is 0.355 e. The van der Waals surface area contributed by atoms with Gasteiger partial charge in [0.1, 0.15) is 5.82 Å². The van der Waals surface area contributed by atoms with E-state index in [1.165, 1.54) is 6.07 Å². The van der Waals surface area contributed by atoms with Gasteiger partial charge in [-0.05, 0) is 24.6 Å². The molecule has 1 saturated heterocycles. The molecular formula is C22H21ClFN3O2. The van der Waals surface area contributed by atoms with Crippen molar-refractivity contribution in [3.8, 4) is 11.3 Å². The van der Waals surface area contributed by atoms with Crippen molar-refractivity contribution in [3.63, 3.8) is 0 Å². The Hall–Kier alpha value is -2.70. The number of hydrogen-bond donors (Lipinski definition) is 0. The van der Waals surface area contributed by atoms with Crippen LogP contribution in [0.25, 0.3) is 11.3 Å². The van der Waals surface area contributed by atoms with Gasteiger partial charge in [-0.15, -0.1) is 0 Å². The number of benzene rings is 2. The van der Waals surface area contributed by atoms with Gasteiger partial charge in [0.05, 0.1) is 0 Å². The molecule has 1 amide bonds. The van der Waals surface area contributed by atoms with Crippen LogP contribution >= 0.6 is 11.6 Å². The Morgan fingerprint density at radius 3 is 2.76 bits per heavy atom. The second-order valence-electron chi connectivity index (χ2n) is 7.10. The van der Waals surface area contributed by atoms with Crippen LogP contribution in [0.15, 0.2) is 59.1 Å². The van der Waals surface area contributed by atoms with Gasteiger partial charge in [0, 0.05) is 54.9 Å². The van der Waals surface area contributed by atoms with Gasteiger partial charge in [0.2, 0.25) is 0 Å². The Bertz CT molecular complexity index is 1010. The summed E-state index contributed by atoms with van der Waals surface area (Å²) < 4.78 is 19.3. The number of carbonyl (C=O) groups excluding carboxylic acids is 1. The lowest BCUT2D eigenvalue weighted by Gasteiger charge is -2.21. The number of carbonyl (C=O) groups is 1. The zero-order chi connectivity index (χ0) is 20.2. The molecule has 2 heterocycles. The molecule has 1 fully saturated rings. The van der Waals surface area contributed by atoms with E-state index in [0.717, 1.165) is 18.5 Å². The van der Waals surface area contributed by atoms with Crippen molar-refractivity contribution in [2.75, 3.05) is 26.2 Å². The van der Waals surface area contributed by atoms with E-state index < -0.39 is 0 Å². The average Bonchev–Trinajstić information content (AvgIpc) is 3.10. The molecule has 0 atom stereocenters. The molecule has 4 rings (SSSR count). The molecule has 1 aliphatic heterocycles. The first-order valence-corrected chi connectivity index (χ1v) is 9.95. The van der Waals surface area contributed by atoms with Crippen molar-refractivity contribution >= 4 is 17.5 Å². The minimum Gasteiger partial charge on any atom is -0.355 e. The Morgan fingerprint density at radius 2 is 1.93 bits per heavy atom. The summed E-state index contributed by atoms with van der Waals surface area (Å²) in [6.45, 7) is 3.22. The third kappa shape index (κ3) is 4.66. The van der Waals surface area contributed by atoms with Crippen molar-refractivity contribution in [3.05, 3.63) is 76.7 Å². The van der Waals surface area contributed by atoms with E-state index in [1.54, 1.807) is 35.2 Å². The van der Waals surface area contributed by atoms with E-state index in [-0.39, 0.29) is 17.4 Å². The average molecular weight is 414 g/mol. The lowest BCUT2D eigenvalue weighted by molar-refractivity contribution is 0.0750. The molecule has 0 spiro atoms. The molecule has 2 aromatic carbocycles. The Kier molecular flexibility index (Phi) is 5.92. The number of hydrogen-bond acceptors (Lipinski definition) is 4. The molecule has 0 radical (unpaired) electrons. The molecule has 0 bridgehead atoms. The monoisotopic (exact) mass is 413 g/mol. The van der Waals surface area contributed by atoms with Crippen molar-refractivity contribution < 1.29 is 13.7 Å². The van der Waals surface area contributed by atoms with Crippen LogP contribution in [-0.2, 0) is 6.54 Å². The summed E-state index contributed by atoms with van der Waals surface area (Å²) in [5.74, 6) is 0.155. The minimum atomic E-state index is -0.194. The first-order valence-electron chi connectivity index (χ1n) is 9.58. The topological polar surface area (TPSA) is 49.6 Å². The van der Waals surface area contributed by atoms with Crippen LogP contribution < -0.4 is 0 Å². The summed E-state index contributed by atoms with van der Waals surface area (Å²) in [6.07, 6.45) is 0.819. The molecule has 1 aliphatic rings. The maximum atomic E-state index is 13.9. The van der Waals surface area contributed by atoms with Crippen molar-refractivity contribution in [1.29, 1.82) is 0 Å². The smallest absolute Gasteiger partial charge is 0.276 e. The van der Waals surface area contributed by atoms with Crippen LogP contribution in [0.3, 0.4) is 0 Å². The normalized spacial score (nSPS) is 15.3. The van der Waals surface area contributed by atoms with Crippen LogP contribution in [0.4, 0.5) is 4.39 Å². The van der Waals surface area contributed by atoms with Crippen LogP contribution in [0.1, 0.15) is 22.5 Å². The van der Waals surface area contributed by atoms with Gasteiger partial charge < -0.3 is 9.42 Å². The van der Waals surface area contributed by atoms with Crippen molar-refractivity contribution in [2.45, 2.75) is 13.0 Å². The molecule has 29 heavy (non-hydrogen) atoms. The summed E-state index contributed by atoms with van der Waals surface area (Å²) in [6, 6.07) is 15.7. The number of amides is 1. The third-order valence-corrected chi connectivity index (χ3v) is 5.30. The second kappa shape index (κ2) is 8.76. The number of rotatable bonds is 4. The number of aromatic nitrogens is 1. The maximum absolute atomic E-state index is 13.9. The van der Waals surface area contributed by atoms with Crippen LogP contribution in [0.5, 0.6) is 0 Å². The highest BCUT2D eigenvalue weighted by Gasteiger charge is 2.23. The van der Waals surface area contributed by atoms with Gasteiger partial charge in [0.15, 0.2) is 11.5 Å². The number of nitrogens with zero attached hydrogens (tertiary/aromatic N) is 3. The summed E-state index contributed by atoms with van der Waals surface area (Å²) in [5.41, 5.74) is 1.73. The van der Waals surface area contributed by atoms with E-state index in [9.17, 15) is 9.18 Å². The predicted octanol–water partition coefficient (Wildman–Crippen LogP) is 4.48. The summed E-state index contributed by atoms with van der Waals surface area (Å²) >= 11 is 6.02. The summed E-state index contributed by atoms with van der Waals surface area (Å²) in [4.78, 5) is 16.8. The van der Waals surface area contributed by atoms with Crippen molar-refractivity contribution in [1.82, 2.24) is 15.0 Å². The van der Waals surface area contributed by atoms with E-state index in [0.29, 0.717) is 42.5 Å². The summed E-state index contributed by atoms with van der Waals surface area (Å²) in [7, 11) is 0. The third-order valence-electron chi connectivity index (χ3n) is 5.07. The van der Waals surface area contributed by atoms with Gasteiger partial charge in [-0.3, -0.25) is 9.69 Å². The Morgan fingerprint density at radius 1 is 1.07 bits per heavy atom. The summed E-state index contributed by atoms with van der Waals surface area (Å²) in [5, 5.41) is 4.55. The van der Waals surface area contributed by atoms with Gasteiger partial charge >= 0.3 is 0 Å². The SMILES string of the molecule is O=C(c1cc(-c2cccc(Cl)c2)on1)N1CCCN(Cc2ccccc2F)CC1. The molecule has 0 aliphatic carbocycles. The van der Waals surface area contributed by atoms with Crippen molar-refractivity contribution in [2.24, 2.45) is 0 Å². The van der Waals surface area contributed by atoms with E-state index in [2.05, 4.69) is 10.1 Å². The first kappa shape index (κ1) is 19.6. The maximum Gasteiger partial charge on any atom is 0.276 e.